The van der Waals surface area contributed by atoms with Crippen LogP contribution in [0.3, 0.4) is 0 Å². The highest BCUT2D eigenvalue weighted by Crippen LogP contribution is 2.41. The van der Waals surface area contributed by atoms with Crippen LogP contribution in [-0.4, -0.2) is 73.6 Å². The van der Waals surface area contributed by atoms with Gasteiger partial charge in [-0.2, -0.15) is 0 Å². The molecule has 2 aliphatic heterocycles. The van der Waals surface area contributed by atoms with Crippen molar-refractivity contribution in [2.75, 3.05) is 47.0 Å². The second kappa shape index (κ2) is 10.2. The normalized spacial score (nSPS) is 19.1. The van der Waals surface area contributed by atoms with E-state index in [2.05, 4.69) is 0 Å². The first-order valence-electron chi connectivity index (χ1n) is 11.5. The highest BCUT2D eigenvalue weighted by Gasteiger charge is 2.45. The van der Waals surface area contributed by atoms with Gasteiger partial charge in [0.15, 0.2) is 11.5 Å². The molecule has 0 bridgehead atoms. The van der Waals surface area contributed by atoms with Gasteiger partial charge in [0.1, 0.15) is 24.7 Å². The fourth-order valence-electron chi connectivity index (χ4n) is 4.27. The quantitative estimate of drug-likeness (QED) is 0.363. The molecular formula is C26H30N2O6. The first kappa shape index (κ1) is 23.6. The minimum absolute atomic E-state index is 0.0655. The molecule has 2 aromatic rings. The third kappa shape index (κ3) is 4.72. The van der Waals surface area contributed by atoms with E-state index in [4.69, 9.17) is 14.2 Å². The maximum Gasteiger partial charge on any atom is 0.295 e. The predicted octanol–water partition coefficient (Wildman–Crippen LogP) is 3.23. The number of rotatable bonds is 8. The molecule has 0 unspecified atom stereocenters. The van der Waals surface area contributed by atoms with E-state index in [1.807, 2.05) is 50.2 Å². The largest absolute Gasteiger partial charge is 0.507 e. The van der Waals surface area contributed by atoms with Crippen molar-refractivity contribution >= 4 is 17.4 Å². The van der Waals surface area contributed by atoms with Gasteiger partial charge in [0.05, 0.1) is 18.2 Å². The summed E-state index contributed by atoms with van der Waals surface area (Å²) < 4.78 is 16.7. The maximum atomic E-state index is 13.2. The number of carbonyl (C=O) groups excluding carboxylic acids is 2. The molecule has 0 radical (unpaired) electrons. The second-order valence-corrected chi connectivity index (χ2v) is 8.51. The Kier molecular flexibility index (Phi) is 7.07. The number of carbonyl (C=O) groups is 2. The van der Waals surface area contributed by atoms with Crippen LogP contribution in [0.15, 0.2) is 48.0 Å². The number of Topliss-reactive ketones (excluding diaryl/α,β-unsaturated/α-hetero) is 1. The van der Waals surface area contributed by atoms with Crippen molar-refractivity contribution in [2.24, 2.45) is 0 Å². The number of ketones is 1. The topological polar surface area (TPSA) is 88.5 Å². The van der Waals surface area contributed by atoms with Crippen LogP contribution >= 0.6 is 0 Å². The Morgan fingerprint density at radius 1 is 1.09 bits per heavy atom. The number of hydrogen-bond acceptors (Lipinski definition) is 7. The number of fused-ring (bicyclic) bond motifs is 1. The SMILES string of the molecule is CCOc1ccc([C@@H]2/C(=C(\O)c3ccc4c(c3)OCCO4)C(=O)C(=O)N2CCCN(C)C)cc1. The smallest absolute Gasteiger partial charge is 0.295 e. The zero-order chi connectivity index (χ0) is 24.2. The summed E-state index contributed by atoms with van der Waals surface area (Å²) in [6, 6.07) is 11.6. The fraction of sp³-hybridized carbons (Fsp3) is 0.385. The van der Waals surface area contributed by atoms with Gasteiger partial charge in [-0.25, -0.2) is 0 Å². The Morgan fingerprint density at radius 2 is 1.79 bits per heavy atom. The van der Waals surface area contributed by atoms with Gasteiger partial charge < -0.3 is 29.1 Å². The lowest BCUT2D eigenvalue weighted by Crippen LogP contribution is -2.32. The minimum atomic E-state index is -0.703. The second-order valence-electron chi connectivity index (χ2n) is 8.51. The maximum absolute atomic E-state index is 13.2. The van der Waals surface area contributed by atoms with Crippen molar-refractivity contribution in [3.8, 4) is 17.2 Å². The Hall–Kier alpha value is -3.52. The van der Waals surface area contributed by atoms with Crippen LogP contribution in [-0.2, 0) is 9.59 Å². The van der Waals surface area contributed by atoms with Gasteiger partial charge in [0.25, 0.3) is 11.7 Å². The standard InChI is InChI=1S/C26H30N2O6/c1-4-32-19-9-6-17(7-10-19)23-22(25(30)26(31)28(23)13-5-12-27(2)3)24(29)18-8-11-20-21(16-18)34-15-14-33-20/h6-11,16,23,29H,4-5,12-15H2,1-3H3/b24-22+/t23-/m1/s1. The van der Waals surface area contributed by atoms with Crippen LogP contribution in [0.4, 0.5) is 0 Å². The lowest BCUT2D eigenvalue weighted by atomic mass is 9.95. The molecule has 1 saturated heterocycles. The number of likely N-dealkylation sites (tertiary alicyclic amines) is 1. The van der Waals surface area contributed by atoms with Crippen molar-refractivity contribution < 1.29 is 28.9 Å². The number of amides is 1. The Balaban J connectivity index is 1.76. The predicted molar refractivity (Wildman–Crippen MR) is 127 cm³/mol. The van der Waals surface area contributed by atoms with E-state index in [9.17, 15) is 14.7 Å². The summed E-state index contributed by atoms with van der Waals surface area (Å²) in [6.45, 7) is 4.45. The Bertz CT molecular complexity index is 1090. The van der Waals surface area contributed by atoms with Crippen molar-refractivity contribution in [1.82, 2.24) is 9.80 Å². The lowest BCUT2D eigenvalue weighted by molar-refractivity contribution is -0.139. The molecule has 0 spiro atoms. The molecule has 1 atom stereocenters. The van der Waals surface area contributed by atoms with Gasteiger partial charge in [-0.05, 0) is 69.9 Å². The summed E-state index contributed by atoms with van der Waals surface area (Å²) in [5.74, 6) is 0.225. The highest BCUT2D eigenvalue weighted by molar-refractivity contribution is 6.46. The van der Waals surface area contributed by atoms with Crippen molar-refractivity contribution in [3.05, 3.63) is 59.2 Å². The number of aliphatic hydroxyl groups excluding tert-OH is 1. The van der Waals surface area contributed by atoms with Gasteiger partial charge in [-0.3, -0.25) is 9.59 Å². The molecule has 1 fully saturated rings. The molecular weight excluding hydrogens is 436 g/mol. The van der Waals surface area contributed by atoms with Gasteiger partial charge in [-0.15, -0.1) is 0 Å². The van der Waals surface area contributed by atoms with Crippen molar-refractivity contribution in [2.45, 2.75) is 19.4 Å². The van der Waals surface area contributed by atoms with Gasteiger partial charge in [0.2, 0.25) is 0 Å². The van der Waals surface area contributed by atoms with Crippen LogP contribution in [0.25, 0.3) is 5.76 Å². The van der Waals surface area contributed by atoms with Gasteiger partial charge in [-0.1, -0.05) is 12.1 Å². The fourth-order valence-corrected chi connectivity index (χ4v) is 4.27. The molecule has 8 heteroatoms. The molecule has 34 heavy (non-hydrogen) atoms. The van der Waals surface area contributed by atoms with Crippen molar-refractivity contribution in [1.29, 1.82) is 0 Å². The molecule has 1 amide bonds. The molecule has 0 saturated carbocycles. The summed E-state index contributed by atoms with van der Waals surface area (Å²) in [5.41, 5.74) is 1.19. The van der Waals surface area contributed by atoms with Crippen LogP contribution in [0.5, 0.6) is 17.2 Å². The van der Waals surface area contributed by atoms with E-state index >= 15 is 0 Å². The van der Waals surface area contributed by atoms with Gasteiger partial charge >= 0.3 is 0 Å². The first-order chi connectivity index (χ1) is 16.4. The summed E-state index contributed by atoms with van der Waals surface area (Å²) in [5, 5.41) is 11.3. The molecule has 8 nitrogen and oxygen atoms in total. The summed E-state index contributed by atoms with van der Waals surface area (Å²) in [4.78, 5) is 29.8. The lowest BCUT2D eigenvalue weighted by Gasteiger charge is -2.26. The Labute approximate surface area is 199 Å². The molecule has 2 heterocycles. The molecule has 0 aromatic heterocycles. The molecule has 1 N–H and O–H groups in total. The molecule has 2 aromatic carbocycles. The van der Waals surface area contributed by atoms with E-state index in [0.717, 1.165) is 12.1 Å². The van der Waals surface area contributed by atoms with Crippen LogP contribution in [0.1, 0.15) is 30.5 Å². The van der Waals surface area contributed by atoms with E-state index in [-0.39, 0.29) is 11.3 Å². The van der Waals surface area contributed by atoms with E-state index in [0.29, 0.717) is 55.6 Å². The first-order valence-corrected chi connectivity index (χ1v) is 11.5. The molecule has 0 aliphatic carbocycles. The summed E-state index contributed by atoms with van der Waals surface area (Å²) >= 11 is 0. The van der Waals surface area contributed by atoms with Crippen LogP contribution in [0.2, 0.25) is 0 Å². The van der Waals surface area contributed by atoms with E-state index in [1.165, 1.54) is 0 Å². The number of ether oxygens (including phenoxy) is 3. The Morgan fingerprint density at radius 3 is 2.47 bits per heavy atom. The monoisotopic (exact) mass is 466 g/mol. The third-order valence-electron chi connectivity index (χ3n) is 5.87. The van der Waals surface area contributed by atoms with Crippen LogP contribution in [0, 0.1) is 0 Å². The number of aliphatic hydroxyl groups is 1. The molecule has 180 valence electrons. The third-order valence-corrected chi connectivity index (χ3v) is 5.87. The zero-order valence-corrected chi connectivity index (χ0v) is 19.7. The highest BCUT2D eigenvalue weighted by atomic mass is 16.6. The number of benzene rings is 2. The van der Waals surface area contributed by atoms with Crippen molar-refractivity contribution in [3.63, 3.8) is 0 Å². The van der Waals surface area contributed by atoms with Crippen LogP contribution < -0.4 is 14.2 Å². The zero-order valence-electron chi connectivity index (χ0n) is 19.7. The average molecular weight is 467 g/mol. The molecule has 2 aliphatic rings. The minimum Gasteiger partial charge on any atom is -0.507 e. The average Bonchev–Trinajstić information content (AvgIpc) is 3.09. The summed E-state index contributed by atoms with van der Waals surface area (Å²) in [7, 11) is 3.92. The summed E-state index contributed by atoms with van der Waals surface area (Å²) in [6.07, 6.45) is 0.692. The van der Waals surface area contributed by atoms with E-state index < -0.39 is 17.7 Å². The molecule has 4 rings (SSSR count). The van der Waals surface area contributed by atoms with E-state index in [1.54, 1.807) is 23.1 Å². The van der Waals surface area contributed by atoms with Gasteiger partial charge in [0, 0.05) is 12.1 Å². The number of nitrogens with zero attached hydrogens (tertiary/aromatic N) is 2. The number of hydrogen-bond donors (Lipinski definition) is 1.